The largest absolute Gasteiger partial charge is 0.0651 e. The smallest absolute Gasteiger partial charge is 0.00119 e. The molecule has 0 aliphatic carbocycles. The molecule has 1 radical (unpaired) electrons. The molecule has 0 N–H and O–H groups in total. The summed E-state index contributed by atoms with van der Waals surface area (Å²) < 4.78 is 0. The van der Waals surface area contributed by atoms with E-state index in [0.29, 0.717) is 0 Å². The van der Waals surface area contributed by atoms with Crippen LogP contribution in [0.4, 0.5) is 0 Å². The van der Waals surface area contributed by atoms with Crippen molar-refractivity contribution in [3.8, 4) is 0 Å². The van der Waals surface area contributed by atoms with E-state index in [4.69, 9.17) is 0 Å². The Kier molecular flexibility index (Phi) is 3.33. The number of hydrogen-bond acceptors (Lipinski definition) is 0. The molecule has 12 heavy (non-hydrogen) atoms. The normalized spacial score (nSPS) is 10.7. The van der Waals surface area contributed by atoms with Crippen molar-refractivity contribution >= 4 is 0 Å². The standard InChI is InChI=1S/C12H17/c1-4-6-11-7-5-8-12(9-11)10(2)3/h5,7-9H,4,6H2,1-3H3. The molecule has 0 aromatic heterocycles. The molecule has 0 amide bonds. The van der Waals surface area contributed by atoms with Crippen LogP contribution in [0.3, 0.4) is 0 Å². The Bertz CT molecular complexity index is 236. The van der Waals surface area contributed by atoms with Crippen LogP contribution in [0.5, 0.6) is 0 Å². The second-order valence-corrected chi connectivity index (χ2v) is 3.45. The lowest BCUT2D eigenvalue weighted by molar-refractivity contribution is 0.918. The Labute approximate surface area is 75.6 Å². The highest BCUT2D eigenvalue weighted by molar-refractivity contribution is 5.32. The zero-order valence-electron chi connectivity index (χ0n) is 8.22. The Hall–Kier alpha value is -0.780. The molecule has 0 heteroatoms. The lowest BCUT2D eigenvalue weighted by Gasteiger charge is -2.06. The summed E-state index contributed by atoms with van der Waals surface area (Å²) in [5.74, 6) is 1.40. The highest BCUT2D eigenvalue weighted by atomic mass is 14.0. The molecule has 0 saturated carbocycles. The van der Waals surface area contributed by atoms with E-state index in [-0.39, 0.29) is 0 Å². The van der Waals surface area contributed by atoms with Crippen LogP contribution in [0.15, 0.2) is 24.3 Å². The maximum atomic E-state index is 2.29. The lowest BCUT2D eigenvalue weighted by Crippen LogP contribution is -1.90. The molecule has 0 atom stereocenters. The summed E-state index contributed by atoms with van der Waals surface area (Å²) in [6, 6.07) is 8.82. The summed E-state index contributed by atoms with van der Waals surface area (Å²) in [6.07, 6.45) is 2.42. The quantitative estimate of drug-likeness (QED) is 0.635. The zero-order chi connectivity index (χ0) is 8.97. The first kappa shape index (κ1) is 9.31. The first-order valence-corrected chi connectivity index (χ1v) is 4.63. The second-order valence-electron chi connectivity index (χ2n) is 3.45. The van der Waals surface area contributed by atoms with Gasteiger partial charge in [-0.1, -0.05) is 51.5 Å². The third kappa shape index (κ3) is 2.37. The molecule has 0 unspecified atom stereocenters. The molecule has 0 aliphatic rings. The van der Waals surface area contributed by atoms with Gasteiger partial charge in [-0.05, 0) is 23.5 Å². The molecule has 1 aromatic carbocycles. The minimum atomic E-state index is 1.20. The predicted molar refractivity (Wildman–Crippen MR) is 54.1 cm³/mol. The molecule has 0 aliphatic heterocycles. The van der Waals surface area contributed by atoms with E-state index in [1.165, 1.54) is 29.9 Å². The Morgan fingerprint density at radius 2 is 2.00 bits per heavy atom. The average molecular weight is 161 g/mol. The van der Waals surface area contributed by atoms with E-state index in [1.54, 1.807) is 0 Å². The van der Waals surface area contributed by atoms with Crippen molar-refractivity contribution < 1.29 is 0 Å². The van der Waals surface area contributed by atoms with E-state index < -0.39 is 0 Å². The SMILES string of the molecule is CCCc1cccc([C](C)C)c1. The maximum Gasteiger partial charge on any atom is -0.00119 e. The molecule has 1 aromatic rings. The summed E-state index contributed by atoms with van der Waals surface area (Å²) in [4.78, 5) is 0. The van der Waals surface area contributed by atoms with Crippen molar-refractivity contribution in [1.29, 1.82) is 0 Å². The van der Waals surface area contributed by atoms with Gasteiger partial charge in [0.25, 0.3) is 0 Å². The van der Waals surface area contributed by atoms with Crippen molar-refractivity contribution in [3.05, 3.63) is 41.3 Å². The van der Waals surface area contributed by atoms with Crippen molar-refractivity contribution in [1.82, 2.24) is 0 Å². The third-order valence-corrected chi connectivity index (χ3v) is 2.04. The van der Waals surface area contributed by atoms with E-state index >= 15 is 0 Å². The average Bonchev–Trinajstić information content (AvgIpc) is 2.05. The number of rotatable bonds is 3. The van der Waals surface area contributed by atoms with Gasteiger partial charge >= 0.3 is 0 Å². The topological polar surface area (TPSA) is 0 Å². The maximum absolute atomic E-state index is 2.29. The molecule has 0 heterocycles. The molecule has 0 saturated heterocycles. The second kappa shape index (κ2) is 4.30. The van der Waals surface area contributed by atoms with Crippen molar-refractivity contribution in [2.45, 2.75) is 33.6 Å². The van der Waals surface area contributed by atoms with E-state index in [2.05, 4.69) is 45.0 Å². The fraction of sp³-hybridized carbons (Fsp3) is 0.417. The zero-order valence-corrected chi connectivity index (χ0v) is 8.22. The van der Waals surface area contributed by atoms with Crippen LogP contribution in [-0.4, -0.2) is 0 Å². The van der Waals surface area contributed by atoms with Crippen LogP contribution in [0.25, 0.3) is 0 Å². The summed E-state index contributed by atoms with van der Waals surface area (Å²) in [7, 11) is 0. The van der Waals surface area contributed by atoms with Gasteiger partial charge in [0.2, 0.25) is 0 Å². The number of aryl methyl sites for hydroxylation is 1. The first-order valence-electron chi connectivity index (χ1n) is 4.63. The van der Waals surface area contributed by atoms with Gasteiger partial charge in [-0.3, -0.25) is 0 Å². The minimum absolute atomic E-state index is 1.20. The Morgan fingerprint density at radius 1 is 1.25 bits per heavy atom. The van der Waals surface area contributed by atoms with Crippen LogP contribution >= 0.6 is 0 Å². The van der Waals surface area contributed by atoms with Crippen molar-refractivity contribution in [3.63, 3.8) is 0 Å². The molecule has 0 fully saturated rings. The summed E-state index contributed by atoms with van der Waals surface area (Å²) in [6.45, 7) is 6.53. The highest BCUT2D eigenvalue weighted by Gasteiger charge is 1.99. The molecule has 0 nitrogen and oxygen atoms in total. The highest BCUT2D eigenvalue weighted by Crippen LogP contribution is 2.15. The Morgan fingerprint density at radius 3 is 2.58 bits per heavy atom. The van der Waals surface area contributed by atoms with Gasteiger partial charge in [0.1, 0.15) is 0 Å². The third-order valence-electron chi connectivity index (χ3n) is 2.04. The van der Waals surface area contributed by atoms with Crippen LogP contribution in [0.1, 0.15) is 38.3 Å². The van der Waals surface area contributed by atoms with Gasteiger partial charge in [0.05, 0.1) is 0 Å². The fourth-order valence-electron chi connectivity index (χ4n) is 1.33. The summed E-state index contributed by atoms with van der Waals surface area (Å²) in [5.41, 5.74) is 2.83. The molecular weight excluding hydrogens is 144 g/mol. The van der Waals surface area contributed by atoms with Gasteiger partial charge in [-0.25, -0.2) is 0 Å². The molecular formula is C12H17. The van der Waals surface area contributed by atoms with E-state index in [9.17, 15) is 0 Å². The predicted octanol–water partition coefficient (Wildman–Crippen LogP) is 3.60. The van der Waals surface area contributed by atoms with Crippen LogP contribution in [0, 0.1) is 5.92 Å². The molecule has 1 rings (SSSR count). The van der Waals surface area contributed by atoms with Gasteiger partial charge in [-0.15, -0.1) is 0 Å². The summed E-state index contributed by atoms with van der Waals surface area (Å²) in [5, 5.41) is 0. The minimum Gasteiger partial charge on any atom is -0.0651 e. The van der Waals surface area contributed by atoms with Gasteiger partial charge < -0.3 is 0 Å². The van der Waals surface area contributed by atoms with E-state index in [0.717, 1.165) is 0 Å². The number of hydrogen-bond donors (Lipinski definition) is 0. The number of benzene rings is 1. The fourth-order valence-corrected chi connectivity index (χ4v) is 1.33. The van der Waals surface area contributed by atoms with Crippen LogP contribution in [0.2, 0.25) is 0 Å². The molecule has 65 valence electrons. The van der Waals surface area contributed by atoms with E-state index in [1.807, 2.05) is 0 Å². The van der Waals surface area contributed by atoms with Crippen LogP contribution < -0.4 is 0 Å². The first-order chi connectivity index (χ1) is 5.74. The van der Waals surface area contributed by atoms with Gasteiger partial charge in [0.15, 0.2) is 0 Å². The van der Waals surface area contributed by atoms with Crippen molar-refractivity contribution in [2.75, 3.05) is 0 Å². The monoisotopic (exact) mass is 161 g/mol. The summed E-state index contributed by atoms with van der Waals surface area (Å²) >= 11 is 0. The van der Waals surface area contributed by atoms with Gasteiger partial charge in [0, 0.05) is 0 Å². The van der Waals surface area contributed by atoms with Crippen LogP contribution in [-0.2, 0) is 6.42 Å². The molecule has 0 bridgehead atoms. The molecule has 0 spiro atoms. The Balaban J connectivity index is 2.81. The van der Waals surface area contributed by atoms with Gasteiger partial charge in [-0.2, -0.15) is 0 Å². The van der Waals surface area contributed by atoms with Crippen molar-refractivity contribution in [2.24, 2.45) is 0 Å². The lowest BCUT2D eigenvalue weighted by atomic mass is 9.99.